The predicted octanol–water partition coefficient (Wildman–Crippen LogP) is 3.88. The lowest BCUT2D eigenvalue weighted by molar-refractivity contribution is -0.139. The van der Waals surface area contributed by atoms with E-state index in [-0.39, 0.29) is 17.9 Å². The number of carboxylic acids is 1. The van der Waals surface area contributed by atoms with E-state index in [0.29, 0.717) is 17.3 Å². The van der Waals surface area contributed by atoms with Gasteiger partial charge in [-0.1, -0.05) is 18.2 Å². The van der Waals surface area contributed by atoms with Crippen LogP contribution in [0.15, 0.2) is 36.4 Å². The Balaban J connectivity index is 0.000000180. The predicted molar refractivity (Wildman–Crippen MR) is 154 cm³/mol. The number of hydrogen-bond donors (Lipinski definition) is 6. The minimum atomic E-state index is -1.26. The summed E-state index contributed by atoms with van der Waals surface area (Å²) >= 11 is 3.95. The van der Waals surface area contributed by atoms with Gasteiger partial charge in [-0.3, -0.25) is 9.59 Å². The highest BCUT2D eigenvalue weighted by Crippen LogP contribution is 2.34. The molecule has 0 saturated carbocycles. The maximum Gasteiger partial charge on any atom is 0.328 e. The molecule has 2 amide bonds. The number of carbonyl (C=O) groups excluding carboxylic acids is 2. The molecule has 0 spiro atoms. The largest absolute Gasteiger partial charge is 0.480 e. The maximum absolute atomic E-state index is 12.1. The van der Waals surface area contributed by atoms with Crippen molar-refractivity contribution in [3.8, 4) is 0 Å². The Morgan fingerprint density at radius 2 is 1.97 bits per heavy atom. The molecule has 1 aromatic carbocycles. The molecule has 1 saturated heterocycles. The molecular formula is C27H33N5O4S2. The lowest BCUT2D eigenvalue weighted by atomic mass is 9.93. The van der Waals surface area contributed by atoms with E-state index < -0.39 is 17.9 Å². The third-order valence-electron chi connectivity index (χ3n) is 6.63. The van der Waals surface area contributed by atoms with Gasteiger partial charge in [-0.25, -0.2) is 4.79 Å². The van der Waals surface area contributed by atoms with Gasteiger partial charge in [-0.2, -0.15) is 0 Å². The van der Waals surface area contributed by atoms with Crippen molar-refractivity contribution in [2.24, 2.45) is 5.92 Å². The molecule has 1 atom stereocenters. The maximum atomic E-state index is 12.1. The van der Waals surface area contributed by atoms with E-state index in [0.717, 1.165) is 5.92 Å². The van der Waals surface area contributed by atoms with E-state index in [9.17, 15) is 14.4 Å². The molecule has 0 aliphatic carbocycles. The molecule has 9 nitrogen and oxygen atoms in total. The Kier molecular flexibility index (Phi) is 9.38. The smallest absolute Gasteiger partial charge is 0.328 e. The summed E-state index contributed by atoms with van der Waals surface area (Å²) in [6.07, 6.45) is 5.78. The summed E-state index contributed by atoms with van der Waals surface area (Å²) in [6, 6.07) is 10.6. The molecular weight excluding hydrogens is 522 g/mol. The van der Waals surface area contributed by atoms with Crippen molar-refractivity contribution in [1.82, 2.24) is 20.9 Å². The number of aryl methyl sites for hydroxylation is 2. The third kappa shape index (κ3) is 6.91. The number of carbonyl (C=O) groups is 3. The average Bonchev–Trinajstić information content (AvgIpc) is 3.56. The second kappa shape index (κ2) is 12.9. The number of piperidine rings is 1. The van der Waals surface area contributed by atoms with E-state index in [4.69, 9.17) is 10.8 Å². The van der Waals surface area contributed by atoms with Crippen LogP contribution in [-0.2, 0) is 16.0 Å². The number of rotatable bonds is 9. The number of aromatic nitrogens is 1. The van der Waals surface area contributed by atoms with Crippen LogP contribution < -0.4 is 21.7 Å². The van der Waals surface area contributed by atoms with Crippen molar-refractivity contribution in [2.75, 3.05) is 25.4 Å². The van der Waals surface area contributed by atoms with Crippen molar-refractivity contribution in [2.45, 2.75) is 38.6 Å². The topological polar surface area (TPSA) is 149 Å². The molecule has 38 heavy (non-hydrogen) atoms. The van der Waals surface area contributed by atoms with Crippen LogP contribution >= 0.6 is 22.7 Å². The van der Waals surface area contributed by atoms with Gasteiger partial charge in [0.2, 0.25) is 6.41 Å². The van der Waals surface area contributed by atoms with Crippen LogP contribution in [0.25, 0.3) is 20.3 Å². The fourth-order valence-electron chi connectivity index (χ4n) is 4.59. The summed E-state index contributed by atoms with van der Waals surface area (Å²) in [5.41, 5.74) is 6.90. The number of anilines is 1. The zero-order valence-corrected chi connectivity index (χ0v) is 22.8. The van der Waals surface area contributed by atoms with E-state index in [1.807, 2.05) is 22.7 Å². The first-order valence-corrected chi connectivity index (χ1v) is 14.3. The Hall–Kier alpha value is -3.41. The van der Waals surface area contributed by atoms with E-state index in [1.165, 1.54) is 53.0 Å². The second-order valence-corrected chi connectivity index (χ2v) is 12.0. The van der Waals surface area contributed by atoms with E-state index in [1.54, 1.807) is 29.1 Å². The van der Waals surface area contributed by atoms with E-state index in [2.05, 4.69) is 40.0 Å². The lowest BCUT2D eigenvalue weighted by Crippen LogP contribution is -2.47. The number of nitrogens with two attached hydrogens (primary N) is 1. The molecule has 1 unspecified atom stereocenters. The van der Waals surface area contributed by atoms with Gasteiger partial charge in [0.15, 0.2) is 0 Å². The molecule has 0 radical (unpaired) electrons. The average molecular weight is 556 g/mol. The van der Waals surface area contributed by atoms with Crippen molar-refractivity contribution >= 4 is 67.0 Å². The number of H-pyrrole nitrogens is 1. The number of aliphatic carboxylic acids is 1. The van der Waals surface area contributed by atoms with Crippen molar-refractivity contribution in [3.63, 3.8) is 0 Å². The highest BCUT2D eigenvalue weighted by molar-refractivity contribution is 7.38. The highest BCUT2D eigenvalue weighted by Gasteiger charge is 2.23. The monoisotopic (exact) mass is 555 g/mol. The fourth-order valence-corrected chi connectivity index (χ4v) is 7.07. The minimum Gasteiger partial charge on any atom is -0.480 e. The first kappa shape index (κ1) is 27.6. The SMILES string of the molecule is Cc1cc2cc(CCC3CCNCC3)sc2s1.Nc1c(C(=O)NC(CNC=O)C(=O)O)[nH]c2ccccc12. The van der Waals surface area contributed by atoms with Crippen molar-refractivity contribution < 1.29 is 19.5 Å². The molecule has 11 heteroatoms. The van der Waals surface area contributed by atoms with Gasteiger partial charge < -0.3 is 31.8 Å². The van der Waals surface area contributed by atoms with E-state index >= 15 is 0 Å². The van der Waals surface area contributed by atoms with Crippen LogP contribution in [0.4, 0.5) is 5.69 Å². The summed E-state index contributed by atoms with van der Waals surface area (Å²) in [5, 5.41) is 19.1. The number of nitrogens with one attached hydrogen (secondary N) is 4. The molecule has 202 valence electrons. The molecule has 1 aliphatic heterocycles. The second-order valence-electron chi connectivity index (χ2n) is 9.39. The number of benzene rings is 1. The molecule has 7 N–H and O–H groups in total. The Labute approximate surface area is 228 Å². The van der Waals surface area contributed by atoms with Crippen LogP contribution in [0.1, 0.15) is 39.5 Å². The molecule has 1 fully saturated rings. The number of carboxylic acid groups (broad SMARTS) is 1. The molecule has 4 heterocycles. The number of hydrogen-bond acceptors (Lipinski definition) is 7. The normalized spacial score (nSPS) is 14.6. The van der Waals surface area contributed by atoms with Gasteiger partial charge in [-0.15, -0.1) is 22.7 Å². The zero-order chi connectivity index (χ0) is 27.1. The fraction of sp³-hybridized carbons (Fsp3) is 0.370. The molecule has 1 aliphatic rings. The highest BCUT2D eigenvalue weighted by atomic mass is 32.2. The Morgan fingerprint density at radius 1 is 1.21 bits per heavy atom. The van der Waals surface area contributed by atoms with Crippen LogP contribution in [0, 0.1) is 12.8 Å². The number of para-hydroxylation sites is 1. The van der Waals surface area contributed by atoms with Gasteiger partial charge in [-0.05, 0) is 69.8 Å². The first-order chi connectivity index (χ1) is 18.4. The summed E-state index contributed by atoms with van der Waals surface area (Å²) < 4.78 is 1.52. The Bertz CT molecular complexity index is 1370. The van der Waals surface area contributed by atoms with Crippen LogP contribution in [0.5, 0.6) is 0 Å². The van der Waals surface area contributed by atoms with Gasteiger partial charge in [0, 0.05) is 32.6 Å². The van der Waals surface area contributed by atoms with Gasteiger partial charge >= 0.3 is 5.97 Å². The summed E-state index contributed by atoms with van der Waals surface area (Å²) in [5.74, 6) is -0.950. The van der Waals surface area contributed by atoms with Crippen molar-refractivity contribution in [1.29, 1.82) is 0 Å². The number of nitrogen functional groups attached to an aromatic ring is 1. The zero-order valence-electron chi connectivity index (χ0n) is 21.2. The van der Waals surface area contributed by atoms with Crippen LogP contribution in [0.2, 0.25) is 0 Å². The quantitative estimate of drug-likeness (QED) is 0.173. The summed E-state index contributed by atoms with van der Waals surface area (Å²) in [6.45, 7) is 4.43. The summed E-state index contributed by atoms with van der Waals surface area (Å²) in [7, 11) is 0. The number of fused-ring (bicyclic) bond motifs is 2. The minimum absolute atomic E-state index is 0.0913. The van der Waals surface area contributed by atoms with Crippen molar-refractivity contribution in [3.05, 3.63) is 51.8 Å². The number of amides is 2. The molecule has 4 aromatic rings. The van der Waals surface area contributed by atoms with Gasteiger partial charge in [0.05, 0.1) is 9.70 Å². The Morgan fingerprint density at radius 3 is 2.66 bits per heavy atom. The summed E-state index contributed by atoms with van der Waals surface area (Å²) in [4.78, 5) is 39.2. The standard InChI is InChI=1S/C14H19NS2.C13H14N4O4/c1-10-8-12-9-13(17-14(12)16-10)3-2-11-4-6-15-7-5-11;14-10-7-3-1-2-4-8(7)16-11(10)12(19)17-9(13(20)21)5-15-6-18/h8-9,11,15H,2-7H2,1H3;1-4,6,9,16H,5,14H2,(H,15,18)(H,17,19)(H,20,21). The molecule has 5 rings (SSSR count). The third-order valence-corrected chi connectivity index (χ3v) is 8.99. The van der Waals surface area contributed by atoms with Gasteiger partial charge in [0.25, 0.3) is 5.91 Å². The number of thiophene rings is 2. The molecule has 3 aromatic heterocycles. The molecule has 0 bridgehead atoms. The van der Waals surface area contributed by atoms with Crippen LogP contribution in [0.3, 0.4) is 0 Å². The van der Waals surface area contributed by atoms with Crippen LogP contribution in [-0.4, -0.2) is 54.1 Å². The van der Waals surface area contributed by atoms with Gasteiger partial charge in [0.1, 0.15) is 11.7 Å². The number of aromatic amines is 1. The lowest BCUT2D eigenvalue weighted by Gasteiger charge is -2.22. The first-order valence-electron chi connectivity index (χ1n) is 12.6.